The van der Waals surface area contributed by atoms with Crippen molar-refractivity contribution in [3.05, 3.63) is 76.1 Å². The Balaban J connectivity index is 1.58. The fourth-order valence-corrected chi connectivity index (χ4v) is 3.68. The normalized spacial score (nSPS) is 19.1. The standard InChI is InChI=1S/C20H21N5O3/c1-13-14(2)21-11-25(20(13)27)10-18(26)24-8-16(15-6-4-3-5-7-15)17(9-24)19-22-12-28-23-19/h3-7,11-12,16-17H,8-10H2,1-2H3/t16-,17+/m0/s1. The second-order valence-electron chi connectivity index (χ2n) is 7.10. The van der Waals surface area contributed by atoms with Crippen LogP contribution in [0.3, 0.4) is 0 Å². The fourth-order valence-electron chi connectivity index (χ4n) is 3.68. The lowest BCUT2D eigenvalue weighted by Gasteiger charge is -2.17. The number of aromatic nitrogens is 4. The Bertz CT molecular complexity index is 1030. The molecule has 1 aliphatic heterocycles. The molecule has 0 radical (unpaired) electrons. The van der Waals surface area contributed by atoms with Crippen LogP contribution in [0.15, 0.2) is 52.4 Å². The average molecular weight is 379 g/mol. The molecular formula is C20H21N5O3. The van der Waals surface area contributed by atoms with Crippen molar-refractivity contribution in [2.24, 2.45) is 0 Å². The molecule has 1 amide bonds. The van der Waals surface area contributed by atoms with Crippen LogP contribution in [0.4, 0.5) is 0 Å². The van der Waals surface area contributed by atoms with Crippen LogP contribution in [0.25, 0.3) is 0 Å². The molecule has 0 bridgehead atoms. The Morgan fingerprint density at radius 2 is 1.89 bits per heavy atom. The van der Waals surface area contributed by atoms with Crippen LogP contribution in [0, 0.1) is 13.8 Å². The summed E-state index contributed by atoms with van der Waals surface area (Å²) >= 11 is 0. The van der Waals surface area contributed by atoms with E-state index in [1.54, 1.807) is 18.7 Å². The predicted molar refractivity (Wildman–Crippen MR) is 101 cm³/mol. The molecule has 8 nitrogen and oxygen atoms in total. The van der Waals surface area contributed by atoms with Gasteiger partial charge in [0.05, 0.1) is 6.33 Å². The predicted octanol–water partition coefficient (Wildman–Crippen LogP) is 1.65. The van der Waals surface area contributed by atoms with Crippen molar-refractivity contribution in [3.63, 3.8) is 0 Å². The summed E-state index contributed by atoms with van der Waals surface area (Å²) < 4.78 is 6.29. The summed E-state index contributed by atoms with van der Waals surface area (Å²) in [6.45, 7) is 4.48. The van der Waals surface area contributed by atoms with E-state index in [0.717, 1.165) is 5.56 Å². The van der Waals surface area contributed by atoms with Crippen LogP contribution >= 0.6 is 0 Å². The maximum Gasteiger partial charge on any atom is 0.256 e. The van der Waals surface area contributed by atoms with Gasteiger partial charge in [0.2, 0.25) is 12.3 Å². The van der Waals surface area contributed by atoms with Crippen molar-refractivity contribution in [1.82, 2.24) is 24.6 Å². The molecule has 0 N–H and O–H groups in total. The molecule has 1 fully saturated rings. The smallest absolute Gasteiger partial charge is 0.256 e. The Morgan fingerprint density at radius 1 is 1.14 bits per heavy atom. The fraction of sp³-hybridized carbons (Fsp3) is 0.350. The highest BCUT2D eigenvalue weighted by Gasteiger charge is 2.39. The molecule has 1 aliphatic rings. The van der Waals surface area contributed by atoms with E-state index in [2.05, 4.69) is 15.1 Å². The topological polar surface area (TPSA) is 94.1 Å². The monoisotopic (exact) mass is 379 g/mol. The van der Waals surface area contributed by atoms with E-state index in [9.17, 15) is 9.59 Å². The molecular weight excluding hydrogens is 358 g/mol. The van der Waals surface area contributed by atoms with E-state index in [1.807, 2.05) is 30.3 Å². The minimum atomic E-state index is -0.186. The first kappa shape index (κ1) is 18.1. The van der Waals surface area contributed by atoms with Crippen molar-refractivity contribution >= 4 is 5.91 Å². The molecule has 8 heteroatoms. The number of aryl methyl sites for hydroxylation is 1. The Kier molecular flexibility index (Phi) is 4.77. The Morgan fingerprint density at radius 3 is 2.61 bits per heavy atom. The minimum absolute atomic E-state index is 0.0343. The number of amides is 1. The third-order valence-electron chi connectivity index (χ3n) is 5.43. The molecule has 28 heavy (non-hydrogen) atoms. The molecule has 0 spiro atoms. The van der Waals surface area contributed by atoms with Crippen molar-refractivity contribution in [2.75, 3.05) is 13.1 Å². The second-order valence-corrected chi connectivity index (χ2v) is 7.10. The van der Waals surface area contributed by atoms with Crippen LogP contribution in [-0.2, 0) is 11.3 Å². The molecule has 0 unspecified atom stereocenters. The summed E-state index contributed by atoms with van der Waals surface area (Å²) in [7, 11) is 0. The first-order valence-electron chi connectivity index (χ1n) is 9.16. The van der Waals surface area contributed by atoms with Gasteiger partial charge in [-0.2, -0.15) is 4.98 Å². The van der Waals surface area contributed by atoms with E-state index in [1.165, 1.54) is 17.3 Å². The summed E-state index contributed by atoms with van der Waals surface area (Å²) in [5.41, 5.74) is 2.17. The van der Waals surface area contributed by atoms with Crippen LogP contribution < -0.4 is 5.56 Å². The van der Waals surface area contributed by atoms with E-state index >= 15 is 0 Å². The van der Waals surface area contributed by atoms with Crippen LogP contribution in [0.5, 0.6) is 0 Å². The van der Waals surface area contributed by atoms with Crippen LogP contribution in [0.2, 0.25) is 0 Å². The highest BCUT2D eigenvalue weighted by atomic mass is 16.5. The lowest BCUT2D eigenvalue weighted by atomic mass is 9.88. The number of benzene rings is 1. The molecule has 0 aliphatic carbocycles. The number of carbonyl (C=O) groups excluding carboxylic acids is 1. The zero-order valence-corrected chi connectivity index (χ0v) is 15.8. The molecule has 2 aromatic heterocycles. The molecule has 4 rings (SSSR count). The van der Waals surface area contributed by atoms with Gasteiger partial charge >= 0.3 is 0 Å². The first-order valence-corrected chi connectivity index (χ1v) is 9.16. The zero-order chi connectivity index (χ0) is 19.7. The number of hydrogen-bond acceptors (Lipinski definition) is 6. The number of likely N-dealkylation sites (tertiary alicyclic amines) is 1. The number of carbonyl (C=O) groups is 1. The third-order valence-corrected chi connectivity index (χ3v) is 5.43. The SMILES string of the molecule is Cc1ncn(CC(=O)N2C[C@@H](c3ccccc3)[C@H](c3ncon3)C2)c(=O)c1C. The van der Waals surface area contributed by atoms with Crippen molar-refractivity contribution in [3.8, 4) is 0 Å². The summed E-state index contributed by atoms with van der Waals surface area (Å²) in [6.07, 6.45) is 2.74. The van der Waals surface area contributed by atoms with Gasteiger partial charge in [0.1, 0.15) is 6.54 Å². The summed E-state index contributed by atoms with van der Waals surface area (Å²) in [4.78, 5) is 35.5. The lowest BCUT2D eigenvalue weighted by Crippen LogP contribution is -2.36. The molecule has 3 heterocycles. The number of nitrogens with zero attached hydrogens (tertiary/aromatic N) is 5. The summed E-state index contributed by atoms with van der Waals surface area (Å²) in [5.74, 6) is 0.477. The molecule has 2 atom stereocenters. The van der Waals surface area contributed by atoms with Crippen molar-refractivity contribution in [1.29, 1.82) is 0 Å². The lowest BCUT2D eigenvalue weighted by molar-refractivity contribution is -0.130. The van der Waals surface area contributed by atoms with Crippen LogP contribution in [-0.4, -0.2) is 43.6 Å². The molecule has 1 saturated heterocycles. The van der Waals surface area contributed by atoms with Gasteiger partial charge in [-0.15, -0.1) is 0 Å². The number of rotatable bonds is 4. The van der Waals surface area contributed by atoms with E-state index in [4.69, 9.17) is 4.52 Å². The van der Waals surface area contributed by atoms with Gasteiger partial charge in [0.25, 0.3) is 5.56 Å². The van der Waals surface area contributed by atoms with E-state index in [0.29, 0.717) is 30.2 Å². The van der Waals surface area contributed by atoms with Crippen LogP contribution in [0.1, 0.15) is 34.5 Å². The summed E-state index contributed by atoms with van der Waals surface area (Å²) in [6, 6.07) is 10.0. The maximum absolute atomic E-state index is 12.9. The average Bonchev–Trinajstić information content (AvgIpc) is 3.38. The van der Waals surface area contributed by atoms with Gasteiger partial charge in [0, 0.05) is 36.2 Å². The first-order chi connectivity index (χ1) is 13.5. The van der Waals surface area contributed by atoms with E-state index in [-0.39, 0.29) is 29.8 Å². The number of hydrogen-bond donors (Lipinski definition) is 0. The molecule has 0 saturated carbocycles. The van der Waals surface area contributed by atoms with Gasteiger partial charge in [-0.1, -0.05) is 35.5 Å². The van der Waals surface area contributed by atoms with Gasteiger partial charge in [-0.05, 0) is 19.4 Å². The molecule has 1 aromatic carbocycles. The Labute approximate surface area is 161 Å². The minimum Gasteiger partial charge on any atom is -0.343 e. The maximum atomic E-state index is 12.9. The quantitative estimate of drug-likeness (QED) is 0.684. The van der Waals surface area contributed by atoms with Crippen molar-refractivity contribution in [2.45, 2.75) is 32.2 Å². The molecule has 144 valence electrons. The van der Waals surface area contributed by atoms with Gasteiger partial charge < -0.3 is 9.42 Å². The zero-order valence-electron chi connectivity index (χ0n) is 15.8. The highest BCUT2D eigenvalue weighted by Crippen LogP contribution is 2.38. The highest BCUT2D eigenvalue weighted by molar-refractivity contribution is 5.76. The largest absolute Gasteiger partial charge is 0.343 e. The molecule has 3 aromatic rings. The van der Waals surface area contributed by atoms with Gasteiger partial charge in [-0.25, -0.2) is 4.98 Å². The summed E-state index contributed by atoms with van der Waals surface area (Å²) in [5, 5.41) is 4.00. The van der Waals surface area contributed by atoms with Gasteiger partial charge in [0.15, 0.2) is 5.82 Å². The second kappa shape index (κ2) is 7.38. The van der Waals surface area contributed by atoms with E-state index < -0.39 is 0 Å². The van der Waals surface area contributed by atoms with Crippen molar-refractivity contribution < 1.29 is 9.32 Å². The van der Waals surface area contributed by atoms with Gasteiger partial charge in [-0.3, -0.25) is 14.2 Å². The third kappa shape index (κ3) is 3.33. The Hall–Kier alpha value is -3.29.